The van der Waals surface area contributed by atoms with Crippen molar-refractivity contribution in [1.82, 2.24) is 9.78 Å². The quantitative estimate of drug-likeness (QED) is 0.526. The van der Waals surface area contributed by atoms with Crippen molar-refractivity contribution >= 4 is 0 Å². The molecule has 0 amide bonds. The average Bonchev–Trinajstić information content (AvgIpc) is 2.52. The Morgan fingerprint density at radius 1 is 1.67 bits per heavy atom. The van der Waals surface area contributed by atoms with E-state index in [4.69, 9.17) is 12.2 Å². The zero-order valence-corrected chi connectivity index (χ0v) is 7.03. The second kappa shape index (κ2) is 4.58. The van der Waals surface area contributed by atoms with Crippen molar-refractivity contribution in [2.75, 3.05) is 0 Å². The molecule has 0 aliphatic rings. The normalized spacial score (nSPS) is 9.67. The molecule has 1 aromatic heterocycles. The van der Waals surface area contributed by atoms with Crippen LogP contribution in [0, 0.1) is 12.3 Å². The fourth-order valence-corrected chi connectivity index (χ4v) is 1.07. The van der Waals surface area contributed by atoms with Gasteiger partial charge >= 0.3 is 0 Å². The van der Waals surface area contributed by atoms with E-state index in [1.54, 1.807) is 6.20 Å². The van der Waals surface area contributed by atoms with Crippen molar-refractivity contribution < 1.29 is 0 Å². The van der Waals surface area contributed by atoms with Crippen molar-refractivity contribution in [3.05, 3.63) is 18.0 Å². The van der Waals surface area contributed by atoms with Gasteiger partial charge in [-0.3, -0.25) is 4.68 Å². The zero-order chi connectivity index (χ0) is 8.81. The number of nitrogens with zero attached hydrogens (tertiary/aromatic N) is 2. The first kappa shape index (κ1) is 8.82. The fourth-order valence-electron chi connectivity index (χ4n) is 1.07. The van der Waals surface area contributed by atoms with Crippen LogP contribution in [-0.4, -0.2) is 9.78 Å². The molecule has 12 heavy (non-hydrogen) atoms. The van der Waals surface area contributed by atoms with Gasteiger partial charge in [0, 0.05) is 25.7 Å². The molecular formula is C9H13N3. The number of aromatic nitrogens is 2. The number of rotatable bonds is 4. The maximum atomic E-state index is 5.50. The smallest absolute Gasteiger partial charge is 0.0519 e. The lowest BCUT2D eigenvalue weighted by molar-refractivity contribution is 0.562. The minimum atomic E-state index is 0.538. The summed E-state index contributed by atoms with van der Waals surface area (Å²) in [5, 5.41) is 4.13. The highest BCUT2D eigenvalue weighted by Crippen LogP contribution is 1.99. The molecule has 0 aromatic carbocycles. The third kappa shape index (κ3) is 2.11. The van der Waals surface area contributed by atoms with E-state index < -0.39 is 0 Å². The third-order valence-corrected chi connectivity index (χ3v) is 1.70. The summed E-state index contributed by atoms with van der Waals surface area (Å²) in [5.74, 6) is 2.60. The average molecular weight is 163 g/mol. The molecule has 1 heterocycles. The molecule has 3 nitrogen and oxygen atoms in total. The summed E-state index contributed by atoms with van der Waals surface area (Å²) < 4.78 is 1.90. The number of hydrogen-bond donors (Lipinski definition) is 1. The standard InChI is InChI=1S/C9H13N3/c1-2-3-4-7-12-9(8-10)5-6-11-12/h1,5-6H,3-4,7-8,10H2. The monoisotopic (exact) mass is 163 g/mol. The number of aryl methyl sites for hydroxylation is 1. The van der Waals surface area contributed by atoms with Crippen LogP contribution in [0.15, 0.2) is 12.3 Å². The van der Waals surface area contributed by atoms with Crippen LogP contribution in [-0.2, 0) is 13.1 Å². The van der Waals surface area contributed by atoms with Crippen molar-refractivity contribution in [1.29, 1.82) is 0 Å². The summed E-state index contributed by atoms with van der Waals surface area (Å²) in [6.45, 7) is 1.40. The lowest BCUT2D eigenvalue weighted by Crippen LogP contribution is -2.08. The minimum absolute atomic E-state index is 0.538. The van der Waals surface area contributed by atoms with Gasteiger partial charge in [-0.2, -0.15) is 5.10 Å². The molecule has 0 spiro atoms. The van der Waals surface area contributed by atoms with Gasteiger partial charge in [0.05, 0.1) is 5.69 Å². The summed E-state index contributed by atoms with van der Waals surface area (Å²) in [5.41, 5.74) is 6.56. The SMILES string of the molecule is C#CCCCn1nccc1CN. The number of terminal acetylenes is 1. The number of unbranched alkanes of at least 4 members (excludes halogenated alkanes) is 1. The van der Waals surface area contributed by atoms with Gasteiger partial charge in [-0.15, -0.1) is 12.3 Å². The second-order valence-corrected chi connectivity index (χ2v) is 2.56. The first-order chi connectivity index (χ1) is 5.88. The molecule has 0 bridgehead atoms. The van der Waals surface area contributed by atoms with E-state index in [0.29, 0.717) is 6.54 Å². The van der Waals surface area contributed by atoms with Crippen LogP contribution in [0.3, 0.4) is 0 Å². The molecule has 0 atom stereocenters. The summed E-state index contributed by atoms with van der Waals surface area (Å²) in [6, 6.07) is 1.93. The Balaban J connectivity index is 2.46. The maximum absolute atomic E-state index is 5.50. The van der Waals surface area contributed by atoms with Gasteiger partial charge in [0.15, 0.2) is 0 Å². The highest BCUT2D eigenvalue weighted by atomic mass is 15.3. The molecule has 0 radical (unpaired) electrons. The van der Waals surface area contributed by atoms with E-state index in [0.717, 1.165) is 25.1 Å². The molecule has 0 saturated heterocycles. The van der Waals surface area contributed by atoms with Crippen LogP contribution >= 0.6 is 0 Å². The van der Waals surface area contributed by atoms with Crippen molar-refractivity contribution in [2.24, 2.45) is 5.73 Å². The molecule has 0 saturated carbocycles. The van der Waals surface area contributed by atoms with E-state index >= 15 is 0 Å². The Morgan fingerprint density at radius 3 is 3.17 bits per heavy atom. The largest absolute Gasteiger partial charge is 0.325 e. The molecule has 0 unspecified atom stereocenters. The van der Waals surface area contributed by atoms with E-state index in [9.17, 15) is 0 Å². The summed E-state index contributed by atoms with van der Waals surface area (Å²) in [4.78, 5) is 0. The molecule has 0 aliphatic carbocycles. The Hall–Kier alpha value is -1.27. The van der Waals surface area contributed by atoms with Gasteiger partial charge in [0.25, 0.3) is 0 Å². The van der Waals surface area contributed by atoms with Crippen LogP contribution in [0.2, 0.25) is 0 Å². The summed E-state index contributed by atoms with van der Waals surface area (Å²) >= 11 is 0. The molecule has 1 aromatic rings. The predicted octanol–water partition coefficient (Wildman–Crippen LogP) is 0.755. The van der Waals surface area contributed by atoms with Crippen LogP contribution in [0.1, 0.15) is 18.5 Å². The summed E-state index contributed by atoms with van der Waals surface area (Å²) in [6.07, 6.45) is 8.66. The number of nitrogens with two attached hydrogens (primary N) is 1. The Bertz CT molecular complexity index is 270. The highest BCUT2D eigenvalue weighted by molar-refractivity contribution is 4.99. The fraction of sp³-hybridized carbons (Fsp3) is 0.444. The van der Waals surface area contributed by atoms with Crippen LogP contribution in [0.25, 0.3) is 0 Å². The number of hydrogen-bond acceptors (Lipinski definition) is 2. The topological polar surface area (TPSA) is 43.8 Å². The molecule has 0 fully saturated rings. The lowest BCUT2D eigenvalue weighted by Gasteiger charge is -2.03. The van der Waals surface area contributed by atoms with Crippen LogP contribution < -0.4 is 5.73 Å². The van der Waals surface area contributed by atoms with Gasteiger partial charge < -0.3 is 5.73 Å². The molecular weight excluding hydrogens is 150 g/mol. The first-order valence-electron chi connectivity index (χ1n) is 4.02. The molecule has 3 heteroatoms. The van der Waals surface area contributed by atoms with Crippen LogP contribution in [0.5, 0.6) is 0 Å². The van der Waals surface area contributed by atoms with E-state index in [1.165, 1.54) is 0 Å². The van der Waals surface area contributed by atoms with Gasteiger partial charge in [0.1, 0.15) is 0 Å². The second-order valence-electron chi connectivity index (χ2n) is 2.56. The maximum Gasteiger partial charge on any atom is 0.0519 e. The Labute approximate surface area is 72.6 Å². The minimum Gasteiger partial charge on any atom is -0.325 e. The molecule has 64 valence electrons. The van der Waals surface area contributed by atoms with E-state index in [1.807, 2.05) is 10.7 Å². The van der Waals surface area contributed by atoms with Gasteiger partial charge in [-0.25, -0.2) is 0 Å². The first-order valence-corrected chi connectivity index (χ1v) is 4.02. The van der Waals surface area contributed by atoms with Gasteiger partial charge in [0.2, 0.25) is 0 Å². The summed E-state index contributed by atoms with van der Waals surface area (Å²) in [7, 11) is 0. The molecule has 1 rings (SSSR count). The van der Waals surface area contributed by atoms with E-state index in [-0.39, 0.29) is 0 Å². The lowest BCUT2D eigenvalue weighted by atomic mass is 10.3. The van der Waals surface area contributed by atoms with Crippen molar-refractivity contribution in [3.63, 3.8) is 0 Å². The zero-order valence-electron chi connectivity index (χ0n) is 7.03. The van der Waals surface area contributed by atoms with E-state index in [2.05, 4.69) is 11.0 Å². The van der Waals surface area contributed by atoms with Gasteiger partial charge in [-0.1, -0.05) is 0 Å². The Morgan fingerprint density at radius 2 is 2.50 bits per heavy atom. The predicted molar refractivity (Wildman–Crippen MR) is 48.2 cm³/mol. The molecule has 2 N–H and O–H groups in total. The van der Waals surface area contributed by atoms with Crippen LogP contribution in [0.4, 0.5) is 0 Å². The van der Waals surface area contributed by atoms with Gasteiger partial charge in [-0.05, 0) is 12.5 Å². The highest BCUT2D eigenvalue weighted by Gasteiger charge is 1.97. The van der Waals surface area contributed by atoms with Crippen molar-refractivity contribution in [3.8, 4) is 12.3 Å². The third-order valence-electron chi connectivity index (χ3n) is 1.70. The molecule has 0 aliphatic heterocycles. The van der Waals surface area contributed by atoms with Crippen molar-refractivity contribution in [2.45, 2.75) is 25.9 Å². The Kier molecular flexibility index (Phi) is 3.36.